The number of amides is 1. The van der Waals surface area contributed by atoms with Gasteiger partial charge in [-0.3, -0.25) is 9.59 Å². The van der Waals surface area contributed by atoms with E-state index in [2.05, 4.69) is 5.32 Å². The highest BCUT2D eigenvalue weighted by Gasteiger charge is 2.12. The Morgan fingerprint density at radius 2 is 2.25 bits per heavy atom. The fourth-order valence-electron chi connectivity index (χ4n) is 1.36. The molecule has 5 heteroatoms. The van der Waals surface area contributed by atoms with Crippen LogP contribution < -0.4 is 5.32 Å². The van der Waals surface area contributed by atoms with Crippen LogP contribution in [0.4, 0.5) is 0 Å². The van der Waals surface area contributed by atoms with Gasteiger partial charge in [-0.1, -0.05) is 6.92 Å². The van der Waals surface area contributed by atoms with Crippen molar-refractivity contribution < 1.29 is 19.1 Å². The summed E-state index contributed by atoms with van der Waals surface area (Å²) in [5, 5.41) is 11.2. The summed E-state index contributed by atoms with van der Waals surface area (Å²) in [5.41, 5.74) is 0. The lowest BCUT2D eigenvalue weighted by Crippen LogP contribution is -2.24. The number of rotatable bonds is 6. The molecule has 88 valence electrons. The molecule has 5 nitrogen and oxygen atoms in total. The summed E-state index contributed by atoms with van der Waals surface area (Å²) >= 11 is 0. The molecule has 0 bridgehead atoms. The number of furan rings is 1. The molecule has 0 aliphatic carbocycles. The van der Waals surface area contributed by atoms with Crippen LogP contribution in [-0.2, 0) is 16.1 Å². The molecule has 1 atom stereocenters. The Hall–Kier alpha value is -1.78. The predicted octanol–water partition coefficient (Wildman–Crippen LogP) is 1.40. The lowest BCUT2D eigenvalue weighted by Gasteiger charge is -2.08. The molecule has 1 amide bonds. The van der Waals surface area contributed by atoms with Crippen molar-refractivity contribution in [2.24, 2.45) is 5.92 Å². The van der Waals surface area contributed by atoms with E-state index in [1.165, 1.54) is 6.26 Å². The van der Waals surface area contributed by atoms with Crippen molar-refractivity contribution in [2.45, 2.75) is 26.3 Å². The molecule has 0 spiro atoms. The lowest BCUT2D eigenvalue weighted by molar-refractivity contribution is -0.138. The molecular weight excluding hydrogens is 210 g/mol. The number of carbonyl (C=O) groups is 2. The van der Waals surface area contributed by atoms with Gasteiger partial charge in [0.15, 0.2) is 0 Å². The van der Waals surface area contributed by atoms with Gasteiger partial charge >= 0.3 is 5.97 Å². The fourth-order valence-corrected chi connectivity index (χ4v) is 1.36. The second-order valence-corrected chi connectivity index (χ2v) is 3.76. The van der Waals surface area contributed by atoms with Gasteiger partial charge in [0.05, 0.1) is 12.8 Å². The van der Waals surface area contributed by atoms with Crippen molar-refractivity contribution in [3.8, 4) is 0 Å². The largest absolute Gasteiger partial charge is 0.481 e. The molecule has 0 aromatic carbocycles. The molecule has 0 aliphatic heterocycles. The normalized spacial score (nSPS) is 12.1. The van der Waals surface area contributed by atoms with E-state index in [0.717, 1.165) is 0 Å². The first kappa shape index (κ1) is 12.3. The summed E-state index contributed by atoms with van der Waals surface area (Å²) in [6.07, 6.45) is 1.76. The maximum Gasteiger partial charge on any atom is 0.303 e. The van der Waals surface area contributed by atoms with Gasteiger partial charge in [-0.2, -0.15) is 0 Å². The molecule has 1 heterocycles. The SMILES string of the molecule is CC(CC(=O)O)CC(=O)NCc1ccco1. The van der Waals surface area contributed by atoms with Crippen LogP contribution in [0.5, 0.6) is 0 Å². The van der Waals surface area contributed by atoms with Gasteiger partial charge in [-0.05, 0) is 18.1 Å². The predicted molar refractivity (Wildman–Crippen MR) is 56.6 cm³/mol. The van der Waals surface area contributed by atoms with Crippen LogP contribution in [0.15, 0.2) is 22.8 Å². The summed E-state index contributed by atoms with van der Waals surface area (Å²) < 4.78 is 5.04. The van der Waals surface area contributed by atoms with Crippen molar-refractivity contribution in [3.05, 3.63) is 24.2 Å². The minimum absolute atomic E-state index is 0.00811. The Morgan fingerprint density at radius 3 is 2.81 bits per heavy atom. The summed E-state index contributed by atoms with van der Waals surface area (Å²) in [6.45, 7) is 2.08. The first-order valence-electron chi connectivity index (χ1n) is 5.09. The van der Waals surface area contributed by atoms with Gasteiger partial charge < -0.3 is 14.8 Å². The van der Waals surface area contributed by atoms with Crippen LogP contribution in [0, 0.1) is 5.92 Å². The second kappa shape index (κ2) is 5.95. The first-order chi connectivity index (χ1) is 7.58. The molecule has 1 unspecified atom stereocenters. The number of carboxylic acid groups (broad SMARTS) is 1. The number of carbonyl (C=O) groups excluding carboxylic acids is 1. The first-order valence-corrected chi connectivity index (χ1v) is 5.09. The van der Waals surface area contributed by atoms with E-state index in [-0.39, 0.29) is 24.7 Å². The average molecular weight is 225 g/mol. The molecule has 0 aliphatic rings. The van der Waals surface area contributed by atoms with E-state index in [1.54, 1.807) is 19.1 Å². The van der Waals surface area contributed by atoms with Crippen LogP contribution >= 0.6 is 0 Å². The molecular formula is C11H15NO4. The number of hydrogen-bond acceptors (Lipinski definition) is 3. The van der Waals surface area contributed by atoms with Crippen molar-refractivity contribution >= 4 is 11.9 Å². The summed E-state index contributed by atoms with van der Waals surface area (Å²) in [6, 6.07) is 3.51. The van der Waals surface area contributed by atoms with Gasteiger partial charge in [0.2, 0.25) is 5.91 Å². The number of aliphatic carboxylic acids is 1. The molecule has 1 aromatic heterocycles. The zero-order valence-electron chi connectivity index (χ0n) is 9.10. The number of carboxylic acids is 1. The molecule has 0 saturated carbocycles. The van der Waals surface area contributed by atoms with Crippen LogP contribution in [0.3, 0.4) is 0 Å². The minimum atomic E-state index is -0.883. The highest BCUT2D eigenvalue weighted by molar-refractivity contribution is 5.77. The molecule has 16 heavy (non-hydrogen) atoms. The Balaban J connectivity index is 2.23. The monoisotopic (exact) mass is 225 g/mol. The lowest BCUT2D eigenvalue weighted by atomic mass is 10.0. The molecule has 0 saturated heterocycles. The number of nitrogens with one attached hydrogen (secondary N) is 1. The average Bonchev–Trinajstić information content (AvgIpc) is 2.65. The van der Waals surface area contributed by atoms with Gasteiger partial charge in [0.25, 0.3) is 0 Å². The van der Waals surface area contributed by atoms with E-state index < -0.39 is 5.97 Å². The van der Waals surface area contributed by atoms with Gasteiger partial charge in [0, 0.05) is 12.8 Å². The van der Waals surface area contributed by atoms with Gasteiger partial charge in [0.1, 0.15) is 5.76 Å². The molecule has 0 radical (unpaired) electrons. The van der Waals surface area contributed by atoms with Crippen molar-refractivity contribution in [3.63, 3.8) is 0 Å². The molecule has 1 rings (SSSR count). The Bertz CT molecular complexity index is 345. The third-order valence-corrected chi connectivity index (χ3v) is 2.10. The van der Waals surface area contributed by atoms with E-state index in [0.29, 0.717) is 12.3 Å². The van der Waals surface area contributed by atoms with Crippen LogP contribution in [0.1, 0.15) is 25.5 Å². The van der Waals surface area contributed by atoms with Gasteiger partial charge in [-0.25, -0.2) is 0 Å². The second-order valence-electron chi connectivity index (χ2n) is 3.76. The van der Waals surface area contributed by atoms with Crippen molar-refractivity contribution in [1.82, 2.24) is 5.32 Å². The minimum Gasteiger partial charge on any atom is -0.481 e. The molecule has 0 fully saturated rings. The highest BCUT2D eigenvalue weighted by atomic mass is 16.4. The Morgan fingerprint density at radius 1 is 1.50 bits per heavy atom. The van der Waals surface area contributed by atoms with Crippen molar-refractivity contribution in [2.75, 3.05) is 0 Å². The maximum absolute atomic E-state index is 11.4. The summed E-state index contributed by atoms with van der Waals surface area (Å²) in [5.74, 6) is -0.523. The topological polar surface area (TPSA) is 79.5 Å². The summed E-state index contributed by atoms with van der Waals surface area (Å²) in [7, 11) is 0. The number of hydrogen-bond donors (Lipinski definition) is 2. The van der Waals surface area contributed by atoms with Crippen molar-refractivity contribution in [1.29, 1.82) is 0 Å². The Kier molecular flexibility index (Phi) is 4.57. The van der Waals surface area contributed by atoms with E-state index in [9.17, 15) is 9.59 Å². The zero-order chi connectivity index (χ0) is 12.0. The Labute approximate surface area is 93.4 Å². The molecule has 1 aromatic rings. The van der Waals surface area contributed by atoms with Gasteiger partial charge in [-0.15, -0.1) is 0 Å². The van der Waals surface area contributed by atoms with E-state index >= 15 is 0 Å². The quantitative estimate of drug-likeness (QED) is 0.766. The third kappa shape index (κ3) is 4.63. The smallest absolute Gasteiger partial charge is 0.303 e. The summed E-state index contributed by atoms with van der Waals surface area (Å²) in [4.78, 5) is 21.8. The third-order valence-electron chi connectivity index (χ3n) is 2.10. The van der Waals surface area contributed by atoms with E-state index in [1.807, 2.05) is 0 Å². The van der Waals surface area contributed by atoms with Crippen LogP contribution in [-0.4, -0.2) is 17.0 Å². The van der Waals surface area contributed by atoms with Crippen LogP contribution in [0.2, 0.25) is 0 Å². The molecule has 2 N–H and O–H groups in total. The maximum atomic E-state index is 11.4. The fraction of sp³-hybridized carbons (Fsp3) is 0.455. The van der Waals surface area contributed by atoms with Crippen LogP contribution in [0.25, 0.3) is 0 Å². The highest BCUT2D eigenvalue weighted by Crippen LogP contribution is 2.07. The van der Waals surface area contributed by atoms with E-state index in [4.69, 9.17) is 9.52 Å². The zero-order valence-corrected chi connectivity index (χ0v) is 9.10. The standard InChI is InChI=1S/C11H15NO4/c1-8(6-11(14)15)5-10(13)12-7-9-3-2-4-16-9/h2-4,8H,5-7H2,1H3,(H,12,13)(H,14,15).